The molecule has 0 bridgehead atoms. The van der Waals surface area contributed by atoms with Crippen LogP contribution in [0, 0.1) is 6.92 Å². The number of aryl methyl sites for hydroxylation is 1. The normalized spacial score (nSPS) is 10.5. The summed E-state index contributed by atoms with van der Waals surface area (Å²) in [6, 6.07) is 11.4. The fourth-order valence-electron chi connectivity index (χ4n) is 2.25. The molecule has 0 atom stereocenters. The Labute approximate surface area is 136 Å². The molecule has 0 unspecified atom stereocenters. The molecular formula is C17H21ClN2O2. The lowest BCUT2D eigenvalue weighted by molar-refractivity contribution is 0.304. The van der Waals surface area contributed by atoms with E-state index in [1.54, 1.807) is 12.1 Å². The number of hydrogen-bond acceptors (Lipinski definition) is 4. The molecular weight excluding hydrogens is 300 g/mol. The first-order valence-electron chi connectivity index (χ1n) is 7.15. The van der Waals surface area contributed by atoms with Crippen LogP contribution in [0.1, 0.15) is 11.1 Å². The third-order valence-corrected chi connectivity index (χ3v) is 3.79. The van der Waals surface area contributed by atoms with Crippen molar-refractivity contribution in [1.29, 1.82) is 0 Å². The smallest absolute Gasteiger partial charge is 0.123 e. The van der Waals surface area contributed by atoms with Gasteiger partial charge < -0.3 is 20.4 Å². The Kier molecular flexibility index (Phi) is 5.52. The molecule has 22 heavy (non-hydrogen) atoms. The van der Waals surface area contributed by atoms with E-state index in [0.29, 0.717) is 18.1 Å². The first-order chi connectivity index (χ1) is 10.5. The Morgan fingerprint density at radius 1 is 1.18 bits per heavy atom. The van der Waals surface area contributed by atoms with Crippen LogP contribution >= 0.6 is 11.6 Å². The molecule has 0 spiro atoms. The lowest BCUT2D eigenvalue weighted by atomic mass is 10.1. The monoisotopic (exact) mass is 320 g/mol. The summed E-state index contributed by atoms with van der Waals surface area (Å²) in [4.78, 5) is 1.98. The quantitative estimate of drug-likeness (QED) is 0.763. The van der Waals surface area contributed by atoms with Crippen molar-refractivity contribution >= 4 is 23.0 Å². The highest BCUT2D eigenvalue weighted by molar-refractivity contribution is 6.30. The topological polar surface area (TPSA) is 55.7 Å². The van der Waals surface area contributed by atoms with Gasteiger partial charge in [-0.05, 0) is 48.9 Å². The van der Waals surface area contributed by atoms with E-state index in [-0.39, 0.29) is 12.4 Å². The van der Waals surface area contributed by atoms with E-state index in [0.717, 1.165) is 22.5 Å². The molecule has 0 aromatic heterocycles. The van der Waals surface area contributed by atoms with Crippen molar-refractivity contribution in [1.82, 2.24) is 0 Å². The van der Waals surface area contributed by atoms with Gasteiger partial charge in [0.15, 0.2) is 0 Å². The number of hydrogen-bond donors (Lipinski definition) is 3. The average molecular weight is 321 g/mol. The van der Waals surface area contributed by atoms with Gasteiger partial charge in [-0.3, -0.25) is 0 Å². The van der Waals surface area contributed by atoms with Crippen molar-refractivity contribution in [3.63, 3.8) is 0 Å². The van der Waals surface area contributed by atoms with Crippen LogP contribution in [0.3, 0.4) is 0 Å². The van der Waals surface area contributed by atoms with E-state index in [1.807, 2.05) is 43.1 Å². The van der Waals surface area contributed by atoms with Crippen LogP contribution in [0.4, 0.5) is 11.4 Å². The molecule has 2 rings (SSSR count). The summed E-state index contributed by atoms with van der Waals surface area (Å²) < 4.78 is 0. The summed E-state index contributed by atoms with van der Waals surface area (Å²) in [5.41, 5.74) is 3.54. The van der Waals surface area contributed by atoms with Crippen molar-refractivity contribution in [2.24, 2.45) is 0 Å². The zero-order valence-electron chi connectivity index (χ0n) is 12.8. The van der Waals surface area contributed by atoms with Gasteiger partial charge >= 0.3 is 0 Å². The maximum atomic E-state index is 10.0. The van der Waals surface area contributed by atoms with E-state index in [2.05, 4.69) is 5.32 Å². The zero-order chi connectivity index (χ0) is 16.1. The average Bonchev–Trinajstić information content (AvgIpc) is 2.50. The second kappa shape index (κ2) is 7.38. The molecule has 0 radical (unpaired) electrons. The number of aromatic hydroxyl groups is 1. The van der Waals surface area contributed by atoms with E-state index in [1.165, 1.54) is 0 Å². The number of anilines is 2. The van der Waals surface area contributed by atoms with E-state index >= 15 is 0 Å². The summed E-state index contributed by atoms with van der Waals surface area (Å²) in [5, 5.41) is 22.9. The molecule has 5 heteroatoms. The van der Waals surface area contributed by atoms with Gasteiger partial charge in [0.1, 0.15) is 5.75 Å². The van der Waals surface area contributed by atoms with E-state index in [4.69, 9.17) is 16.7 Å². The van der Waals surface area contributed by atoms with Gasteiger partial charge in [-0.1, -0.05) is 11.6 Å². The Bertz CT molecular complexity index is 629. The highest BCUT2D eigenvalue weighted by Crippen LogP contribution is 2.27. The molecule has 0 saturated carbocycles. The van der Waals surface area contributed by atoms with Crippen LogP contribution in [-0.2, 0) is 6.54 Å². The lowest BCUT2D eigenvalue weighted by Crippen LogP contribution is -2.20. The lowest BCUT2D eigenvalue weighted by Gasteiger charge is -2.18. The largest absolute Gasteiger partial charge is 0.507 e. The van der Waals surface area contributed by atoms with Gasteiger partial charge in [0.2, 0.25) is 0 Å². The Morgan fingerprint density at radius 3 is 2.50 bits per heavy atom. The standard InChI is InChI=1S/C17H21ClN2O2/c1-12-9-14(18)10-13(17(12)22)11-19-15-3-5-16(6-4-15)20(2)7-8-21/h3-6,9-10,19,21-22H,7-8,11H2,1-2H3. The summed E-state index contributed by atoms with van der Waals surface area (Å²) in [7, 11) is 1.94. The molecule has 2 aromatic rings. The maximum absolute atomic E-state index is 10.0. The first-order valence-corrected chi connectivity index (χ1v) is 7.53. The number of nitrogens with zero attached hydrogens (tertiary/aromatic N) is 1. The molecule has 2 aromatic carbocycles. The highest BCUT2D eigenvalue weighted by Gasteiger charge is 2.06. The molecule has 0 aliphatic carbocycles. The number of phenolic OH excluding ortho intramolecular Hbond substituents is 1. The molecule has 0 heterocycles. The molecule has 0 saturated heterocycles. The minimum Gasteiger partial charge on any atom is -0.507 e. The van der Waals surface area contributed by atoms with E-state index < -0.39 is 0 Å². The number of phenols is 1. The van der Waals surface area contributed by atoms with Gasteiger partial charge in [0.25, 0.3) is 0 Å². The van der Waals surface area contributed by atoms with Crippen molar-refractivity contribution in [3.8, 4) is 5.75 Å². The number of halogens is 1. The van der Waals surface area contributed by atoms with Gasteiger partial charge in [-0.25, -0.2) is 0 Å². The van der Waals surface area contributed by atoms with Crippen LogP contribution in [0.5, 0.6) is 5.75 Å². The van der Waals surface area contributed by atoms with Crippen molar-refractivity contribution < 1.29 is 10.2 Å². The predicted octanol–water partition coefficient (Wildman–Crippen LogP) is 3.39. The Balaban J connectivity index is 2.03. The van der Waals surface area contributed by atoms with Crippen LogP contribution in [0.25, 0.3) is 0 Å². The second-order valence-electron chi connectivity index (χ2n) is 5.28. The summed E-state index contributed by atoms with van der Waals surface area (Å²) in [6.07, 6.45) is 0. The highest BCUT2D eigenvalue weighted by atomic mass is 35.5. The molecule has 118 valence electrons. The SMILES string of the molecule is Cc1cc(Cl)cc(CNc2ccc(N(C)CCO)cc2)c1O. The molecule has 3 N–H and O–H groups in total. The van der Waals surface area contributed by atoms with Crippen LogP contribution in [0.15, 0.2) is 36.4 Å². The van der Waals surface area contributed by atoms with Crippen LogP contribution in [0.2, 0.25) is 5.02 Å². The molecule has 0 fully saturated rings. The number of rotatable bonds is 6. The van der Waals surface area contributed by atoms with Gasteiger partial charge in [-0.15, -0.1) is 0 Å². The van der Waals surface area contributed by atoms with Crippen LogP contribution in [-0.4, -0.2) is 30.4 Å². The molecule has 4 nitrogen and oxygen atoms in total. The molecule has 0 aliphatic heterocycles. The number of likely N-dealkylation sites (N-methyl/N-ethyl adjacent to an activating group) is 1. The van der Waals surface area contributed by atoms with Gasteiger partial charge in [0.05, 0.1) is 6.61 Å². The van der Waals surface area contributed by atoms with Crippen LogP contribution < -0.4 is 10.2 Å². The number of aliphatic hydroxyl groups excluding tert-OH is 1. The number of benzene rings is 2. The predicted molar refractivity (Wildman–Crippen MR) is 92.0 cm³/mol. The first kappa shape index (κ1) is 16.5. The molecule has 0 aliphatic rings. The summed E-state index contributed by atoms with van der Waals surface area (Å²) in [5.74, 6) is 0.274. The van der Waals surface area contributed by atoms with Gasteiger partial charge in [0, 0.05) is 42.1 Å². The number of aliphatic hydroxyl groups is 1. The molecule has 0 amide bonds. The maximum Gasteiger partial charge on any atom is 0.123 e. The summed E-state index contributed by atoms with van der Waals surface area (Å²) in [6.45, 7) is 3.06. The van der Waals surface area contributed by atoms with Crippen molar-refractivity contribution in [3.05, 3.63) is 52.5 Å². The Hall–Kier alpha value is -1.91. The van der Waals surface area contributed by atoms with E-state index in [9.17, 15) is 5.11 Å². The Morgan fingerprint density at radius 2 is 1.86 bits per heavy atom. The second-order valence-corrected chi connectivity index (χ2v) is 5.71. The summed E-state index contributed by atoms with van der Waals surface area (Å²) >= 11 is 6.02. The minimum absolute atomic E-state index is 0.129. The van der Waals surface area contributed by atoms with Crippen molar-refractivity contribution in [2.45, 2.75) is 13.5 Å². The van der Waals surface area contributed by atoms with Crippen molar-refractivity contribution in [2.75, 3.05) is 30.4 Å². The third kappa shape index (κ3) is 4.06. The number of nitrogens with one attached hydrogen (secondary N) is 1. The minimum atomic E-state index is 0.129. The van der Waals surface area contributed by atoms with Gasteiger partial charge in [-0.2, -0.15) is 0 Å². The fraction of sp³-hybridized carbons (Fsp3) is 0.294. The fourth-order valence-corrected chi connectivity index (χ4v) is 2.55. The third-order valence-electron chi connectivity index (χ3n) is 3.57. The zero-order valence-corrected chi connectivity index (χ0v) is 13.6.